The van der Waals surface area contributed by atoms with E-state index < -0.39 is 0 Å². The van der Waals surface area contributed by atoms with E-state index in [1.807, 2.05) is 6.20 Å². The molecule has 0 spiro atoms. The summed E-state index contributed by atoms with van der Waals surface area (Å²) in [6.07, 6.45) is 6.34. The van der Waals surface area contributed by atoms with E-state index in [2.05, 4.69) is 60.8 Å². The Kier molecular flexibility index (Phi) is 2.54. The molecule has 2 nitrogen and oxygen atoms in total. The maximum atomic E-state index is 4.56. The first kappa shape index (κ1) is 11.5. The lowest BCUT2D eigenvalue weighted by molar-refractivity contribution is 0.442. The van der Waals surface area contributed by atoms with E-state index in [0.29, 0.717) is 6.04 Å². The molecule has 3 rings (SSSR count). The Hall–Kier alpha value is -1.57. The summed E-state index contributed by atoms with van der Waals surface area (Å²) < 4.78 is 2.38. The maximum absolute atomic E-state index is 4.56. The summed E-state index contributed by atoms with van der Waals surface area (Å²) in [6, 6.07) is 9.32. The van der Waals surface area contributed by atoms with E-state index in [-0.39, 0.29) is 5.41 Å². The Morgan fingerprint density at radius 1 is 1.11 bits per heavy atom. The second-order valence-electron chi connectivity index (χ2n) is 6.24. The fourth-order valence-corrected chi connectivity index (χ4v) is 2.92. The lowest BCUT2D eigenvalue weighted by Gasteiger charge is -2.23. The van der Waals surface area contributed by atoms with Crippen molar-refractivity contribution in [3.05, 3.63) is 53.6 Å². The molecule has 0 unspecified atom stereocenters. The van der Waals surface area contributed by atoms with Crippen molar-refractivity contribution in [1.82, 2.24) is 9.55 Å². The highest BCUT2D eigenvalue weighted by Crippen LogP contribution is 2.33. The quantitative estimate of drug-likeness (QED) is 0.745. The molecule has 1 aromatic heterocycles. The lowest BCUT2D eigenvalue weighted by Crippen LogP contribution is -2.22. The van der Waals surface area contributed by atoms with Gasteiger partial charge in [-0.3, -0.25) is 0 Å². The summed E-state index contributed by atoms with van der Waals surface area (Å²) in [6.45, 7) is 6.69. The van der Waals surface area contributed by atoms with Gasteiger partial charge >= 0.3 is 0 Å². The Morgan fingerprint density at radius 3 is 2.28 bits per heavy atom. The van der Waals surface area contributed by atoms with E-state index in [9.17, 15) is 0 Å². The van der Waals surface area contributed by atoms with Gasteiger partial charge in [0.25, 0.3) is 0 Å². The fraction of sp³-hybridized carbons (Fsp3) is 0.438. The van der Waals surface area contributed by atoms with Gasteiger partial charge in [0.2, 0.25) is 0 Å². The molecule has 0 fully saturated rings. The van der Waals surface area contributed by atoms with Crippen molar-refractivity contribution in [2.24, 2.45) is 0 Å². The third-order valence-electron chi connectivity index (χ3n) is 3.76. The highest BCUT2D eigenvalue weighted by atomic mass is 15.1. The molecule has 2 aromatic rings. The van der Waals surface area contributed by atoms with Crippen LogP contribution in [0.2, 0.25) is 0 Å². The third-order valence-corrected chi connectivity index (χ3v) is 3.76. The molecule has 1 aromatic carbocycles. The molecule has 18 heavy (non-hydrogen) atoms. The summed E-state index contributed by atoms with van der Waals surface area (Å²) in [5.41, 5.74) is 3.10. The fourth-order valence-electron chi connectivity index (χ4n) is 2.92. The molecule has 94 valence electrons. The summed E-state index contributed by atoms with van der Waals surface area (Å²) in [5, 5.41) is 0. The van der Waals surface area contributed by atoms with Crippen LogP contribution < -0.4 is 0 Å². The molecule has 1 aliphatic rings. The molecule has 0 amide bonds. The van der Waals surface area contributed by atoms with Crippen molar-refractivity contribution in [2.45, 2.75) is 45.1 Å². The van der Waals surface area contributed by atoms with Crippen LogP contribution in [-0.2, 0) is 18.3 Å². The molecule has 0 radical (unpaired) electrons. The highest BCUT2D eigenvalue weighted by Gasteiger charge is 2.27. The summed E-state index contributed by atoms with van der Waals surface area (Å²) in [4.78, 5) is 4.56. The minimum atomic E-state index is 0.109. The number of rotatable bonds is 1. The van der Waals surface area contributed by atoms with Crippen molar-refractivity contribution >= 4 is 0 Å². The Balaban J connectivity index is 1.94. The molecule has 0 saturated carbocycles. The third kappa shape index (κ3) is 1.86. The van der Waals surface area contributed by atoms with E-state index >= 15 is 0 Å². The molecular formula is C16H20N2. The number of benzene rings is 1. The largest absolute Gasteiger partial charge is 0.331 e. The van der Waals surface area contributed by atoms with Crippen LogP contribution >= 0.6 is 0 Å². The number of imidazole rings is 1. The molecular weight excluding hydrogens is 220 g/mol. The average Bonchev–Trinajstić information content (AvgIpc) is 2.94. The van der Waals surface area contributed by atoms with Crippen LogP contribution in [-0.4, -0.2) is 9.55 Å². The zero-order chi connectivity index (χ0) is 12.8. The van der Waals surface area contributed by atoms with Gasteiger partial charge in [-0.1, -0.05) is 45.0 Å². The summed E-state index contributed by atoms with van der Waals surface area (Å²) >= 11 is 0. The Morgan fingerprint density at radius 2 is 1.72 bits per heavy atom. The van der Waals surface area contributed by atoms with Gasteiger partial charge in [-0.2, -0.15) is 0 Å². The topological polar surface area (TPSA) is 17.8 Å². The van der Waals surface area contributed by atoms with Crippen LogP contribution in [0.5, 0.6) is 0 Å². The number of fused-ring (bicyclic) bond motifs is 1. The number of hydrogen-bond acceptors (Lipinski definition) is 1. The summed E-state index contributed by atoms with van der Waals surface area (Å²) in [7, 11) is 0. The van der Waals surface area contributed by atoms with E-state index in [0.717, 1.165) is 12.8 Å². The van der Waals surface area contributed by atoms with Crippen LogP contribution in [0.15, 0.2) is 36.7 Å². The van der Waals surface area contributed by atoms with Crippen molar-refractivity contribution in [3.63, 3.8) is 0 Å². The van der Waals surface area contributed by atoms with E-state index in [4.69, 9.17) is 0 Å². The van der Waals surface area contributed by atoms with Crippen LogP contribution in [0.3, 0.4) is 0 Å². The zero-order valence-corrected chi connectivity index (χ0v) is 11.4. The predicted molar refractivity (Wildman–Crippen MR) is 73.8 cm³/mol. The van der Waals surface area contributed by atoms with Gasteiger partial charge in [0.05, 0.1) is 0 Å². The normalized spacial score (nSPS) is 15.9. The van der Waals surface area contributed by atoms with Gasteiger partial charge < -0.3 is 4.57 Å². The van der Waals surface area contributed by atoms with Crippen LogP contribution in [0.25, 0.3) is 0 Å². The number of nitrogens with zero attached hydrogens (tertiary/aromatic N) is 2. The SMILES string of the molecule is CC(C)(C)c1nccn1C1Cc2ccccc2C1. The van der Waals surface area contributed by atoms with Crippen molar-refractivity contribution < 1.29 is 0 Å². The monoisotopic (exact) mass is 240 g/mol. The van der Waals surface area contributed by atoms with Crippen molar-refractivity contribution in [3.8, 4) is 0 Å². The van der Waals surface area contributed by atoms with Gasteiger partial charge in [0.1, 0.15) is 5.82 Å². The highest BCUT2D eigenvalue weighted by molar-refractivity contribution is 5.33. The molecule has 1 aliphatic carbocycles. The van der Waals surface area contributed by atoms with Gasteiger partial charge in [0.15, 0.2) is 0 Å². The van der Waals surface area contributed by atoms with Crippen LogP contribution in [0.1, 0.15) is 43.8 Å². The molecule has 2 heteroatoms. The number of hydrogen-bond donors (Lipinski definition) is 0. The van der Waals surface area contributed by atoms with Crippen LogP contribution in [0.4, 0.5) is 0 Å². The Labute approximate surface area is 109 Å². The molecule has 0 aliphatic heterocycles. The zero-order valence-electron chi connectivity index (χ0n) is 11.4. The minimum Gasteiger partial charge on any atom is -0.331 e. The van der Waals surface area contributed by atoms with Crippen LogP contribution in [0, 0.1) is 0 Å². The standard InChI is InChI=1S/C16H20N2/c1-16(2,3)15-17-8-9-18(15)14-10-12-6-4-5-7-13(12)11-14/h4-9,14H,10-11H2,1-3H3. The smallest absolute Gasteiger partial charge is 0.114 e. The number of aromatic nitrogens is 2. The first-order valence-corrected chi connectivity index (χ1v) is 6.66. The second kappa shape index (κ2) is 3.98. The van der Waals surface area contributed by atoms with Crippen molar-refractivity contribution in [2.75, 3.05) is 0 Å². The van der Waals surface area contributed by atoms with Gasteiger partial charge in [-0.15, -0.1) is 0 Å². The minimum absolute atomic E-state index is 0.109. The molecule has 1 heterocycles. The Bertz CT molecular complexity index is 535. The first-order chi connectivity index (χ1) is 8.55. The van der Waals surface area contributed by atoms with E-state index in [1.54, 1.807) is 0 Å². The maximum Gasteiger partial charge on any atom is 0.114 e. The molecule has 0 N–H and O–H groups in total. The molecule has 0 saturated heterocycles. The van der Waals surface area contributed by atoms with Crippen molar-refractivity contribution in [1.29, 1.82) is 0 Å². The van der Waals surface area contributed by atoms with E-state index in [1.165, 1.54) is 17.0 Å². The first-order valence-electron chi connectivity index (χ1n) is 6.66. The second-order valence-corrected chi connectivity index (χ2v) is 6.24. The predicted octanol–water partition coefficient (Wildman–Crippen LogP) is 3.52. The van der Waals surface area contributed by atoms with Gasteiger partial charge in [-0.05, 0) is 24.0 Å². The molecule has 0 atom stereocenters. The average molecular weight is 240 g/mol. The van der Waals surface area contributed by atoms with Gasteiger partial charge in [0, 0.05) is 23.9 Å². The van der Waals surface area contributed by atoms with Gasteiger partial charge in [-0.25, -0.2) is 4.98 Å². The molecule has 0 bridgehead atoms. The lowest BCUT2D eigenvalue weighted by atomic mass is 9.95. The summed E-state index contributed by atoms with van der Waals surface area (Å²) in [5.74, 6) is 1.19.